The molecule has 7 nitrogen and oxygen atoms in total. The van der Waals surface area contributed by atoms with E-state index in [0.717, 1.165) is 17.7 Å². The Balaban J connectivity index is 1.56. The highest BCUT2D eigenvalue weighted by Crippen LogP contribution is 2.27. The molecule has 0 bridgehead atoms. The molecule has 2 aliphatic heterocycles. The minimum atomic E-state index is -0.285. The third kappa shape index (κ3) is 3.87. The molecule has 2 saturated heterocycles. The monoisotopic (exact) mass is 348 g/mol. The summed E-state index contributed by atoms with van der Waals surface area (Å²) in [6.07, 6.45) is 0.581. The molecule has 0 N–H and O–H groups in total. The number of likely N-dealkylation sites (tertiary alicyclic amines) is 1. The molecule has 3 rings (SSSR count). The van der Waals surface area contributed by atoms with E-state index in [0.29, 0.717) is 32.7 Å². The van der Waals surface area contributed by atoms with Crippen LogP contribution in [-0.2, 0) is 20.7 Å². The highest BCUT2D eigenvalue weighted by molar-refractivity contribution is 5.78. The van der Waals surface area contributed by atoms with Gasteiger partial charge in [0.1, 0.15) is 11.9 Å². The molecule has 1 aromatic rings. The highest BCUT2D eigenvalue weighted by atomic mass is 16.6. The van der Waals surface area contributed by atoms with Crippen LogP contribution in [0, 0.1) is 0 Å². The Kier molecular flexibility index (Phi) is 5.43. The van der Waals surface area contributed by atoms with Crippen molar-refractivity contribution in [2.24, 2.45) is 0 Å². The molecule has 0 aliphatic carbocycles. The number of benzene rings is 1. The van der Waals surface area contributed by atoms with Gasteiger partial charge in [-0.3, -0.25) is 9.69 Å². The van der Waals surface area contributed by atoms with Crippen molar-refractivity contribution in [1.29, 1.82) is 0 Å². The molecule has 7 heteroatoms. The predicted octanol–water partition coefficient (Wildman–Crippen LogP) is 1.31. The van der Waals surface area contributed by atoms with Crippen LogP contribution in [0.1, 0.15) is 12.0 Å². The molecule has 0 saturated carbocycles. The maximum Gasteiger partial charge on any atom is 0.410 e. The Hall–Kier alpha value is -2.28. The molecule has 0 spiro atoms. The van der Waals surface area contributed by atoms with Gasteiger partial charge in [0.2, 0.25) is 5.91 Å². The number of nitrogens with zero attached hydrogens (tertiary/aromatic N) is 2. The first-order valence-electron chi connectivity index (χ1n) is 8.49. The first-order chi connectivity index (χ1) is 12.1. The summed E-state index contributed by atoms with van der Waals surface area (Å²) in [5.74, 6) is 0.854. The minimum absolute atomic E-state index is 0.0439. The SMILES string of the molecule is COCCC(=O)N1C[C@@H]2OC(=O)N(CCc3ccc(OC)cc3)[C@@H]2C1. The molecule has 2 heterocycles. The number of fused-ring (bicyclic) bond motifs is 1. The summed E-state index contributed by atoms with van der Waals surface area (Å²) >= 11 is 0. The van der Waals surface area contributed by atoms with Gasteiger partial charge >= 0.3 is 6.09 Å². The summed E-state index contributed by atoms with van der Waals surface area (Å²) in [6, 6.07) is 7.75. The first-order valence-corrected chi connectivity index (χ1v) is 8.49. The molecule has 0 aromatic heterocycles. The summed E-state index contributed by atoms with van der Waals surface area (Å²) in [5, 5.41) is 0. The summed E-state index contributed by atoms with van der Waals surface area (Å²) in [6.45, 7) is 1.98. The van der Waals surface area contributed by atoms with E-state index in [1.165, 1.54) is 0 Å². The average Bonchev–Trinajstić information content (AvgIpc) is 3.15. The predicted molar refractivity (Wildman–Crippen MR) is 90.5 cm³/mol. The lowest BCUT2D eigenvalue weighted by Gasteiger charge is -2.22. The Morgan fingerprint density at radius 1 is 1.24 bits per heavy atom. The fourth-order valence-electron chi connectivity index (χ4n) is 3.35. The van der Waals surface area contributed by atoms with Crippen molar-refractivity contribution in [2.45, 2.75) is 25.0 Å². The average molecular weight is 348 g/mol. The minimum Gasteiger partial charge on any atom is -0.497 e. The number of hydrogen-bond acceptors (Lipinski definition) is 5. The second-order valence-corrected chi connectivity index (χ2v) is 6.32. The molecular formula is C18H24N2O5. The molecular weight excluding hydrogens is 324 g/mol. The molecule has 1 aromatic carbocycles. The van der Waals surface area contributed by atoms with Crippen LogP contribution in [0.25, 0.3) is 0 Å². The second-order valence-electron chi connectivity index (χ2n) is 6.32. The summed E-state index contributed by atoms with van der Waals surface area (Å²) in [4.78, 5) is 27.8. The second kappa shape index (κ2) is 7.74. The van der Waals surface area contributed by atoms with Gasteiger partial charge in [-0.1, -0.05) is 12.1 Å². The normalized spacial score (nSPS) is 22.1. The van der Waals surface area contributed by atoms with Crippen molar-refractivity contribution in [1.82, 2.24) is 9.80 Å². The van der Waals surface area contributed by atoms with Gasteiger partial charge in [-0.15, -0.1) is 0 Å². The third-order valence-electron chi connectivity index (χ3n) is 4.80. The topological polar surface area (TPSA) is 68.3 Å². The van der Waals surface area contributed by atoms with Crippen molar-refractivity contribution >= 4 is 12.0 Å². The van der Waals surface area contributed by atoms with E-state index in [9.17, 15) is 9.59 Å². The molecule has 0 unspecified atom stereocenters. The van der Waals surface area contributed by atoms with Crippen LogP contribution in [0.2, 0.25) is 0 Å². The summed E-state index contributed by atoms with van der Waals surface area (Å²) < 4.78 is 15.6. The van der Waals surface area contributed by atoms with Crippen molar-refractivity contribution < 1.29 is 23.8 Å². The van der Waals surface area contributed by atoms with Gasteiger partial charge < -0.3 is 19.1 Å². The number of carbonyl (C=O) groups is 2. The third-order valence-corrected chi connectivity index (χ3v) is 4.80. The molecule has 2 aliphatic rings. The number of ether oxygens (including phenoxy) is 3. The molecule has 2 amide bonds. The zero-order valence-corrected chi connectivity index (χ0v) is 14.6. The number of amides is 2. The van der Waals surface area contributed by atoms with Gasteiger partial charge in [0.05, 0.1) is 32.7 Å². The van der Waals surface area contributed by atoms with Crippen LogP contribution in [0.5, 0.6) is 5.75 Å². The number of carbonyl (C=O) groups excluding carboxylic acids is 2. The van der Waals surface area contributed by atoms with Crippen LogP contribution < -0.4 is 4.74 Å². The van der Waals surface area contributed by atoms with Crippen molar-refractivity contribution in [3.05, 3.63) is 29.8 Å². The van der Waals surface area contributed by atoms with Crippen LogP contribution >= 0.6 is 0 Å². The number of hydrogen-bond donors (Lipinski definition) is 0. The summed E-state index contributed by atoms with van der Waals surface area (Å²) in [7, 11) is 3.21. The lowest BCUT2D eigenvalue weighted by atomic mass is 10.1. The Morgan fingerprint density at radius 3 is 2.68 bits per heavy atom. The van der Waals surface area contributed by atoms with E-state index >= 15 is 0 Å². The van der Waals surface area contributed by atoms with Crippen molar-refractivity contribution in [2.75, 3.05) is 40.5 Å². The van der Waals surface area contributed by atoms with Crippen LogP contribution in [0.4, 0.5) is 4.79 Å². The molecule has 136 valence electrons. The van der Waals surface area contributed by atoms with E-state index < -0.39 is 0 Å². The summed E-state index contributed by atoms with van der Waals surface area (Å²) in [5.41, 5.74) is 1.13. The van der Waals surface area contributed by atoms with Gasteiger partial charge in [0, 0.05) is 20.2 Å². The lowest BCUT2D eigenvalue weighted by Crippen LogP contribution is -2.40. The maximum absolute atomic E-state index is 12.1. The fraction of sp³-hybridized carbons (Fsp3) is 0.556. The highest BCUT2D eigenvalue weighted by Gasteiger charge is 2.48. The van der Waals surface area contributed by atoms with Crippen LogP contribution in [0.15, 0.2) is 24.3 Å². The van der Waals surface area contributed by atoms with Crippen LogP contribution in [0.3, 0.4) is 0 Å². The molecule has 2 atom stereocenters. The first kappa shape index (κ1) is 17.5. The maximum atomic E-state index is 12.1. The number of methoxy groups -OCH3 is 2. The molecule has 2 fully saturated rings. The largest absolute Gasteiger partial charge is 0.497 e. The van der Waals surface area contributed by atoms with Gasteiger partial charge in [-0.05, 0) is 24.1 Å². The zero-order valence-electron chi connectivity index (χ0n) is 14.6. The van der Waals surface area contributed by atoms with Gasteiger partial charge in [0.25, 0.3) is 0 Å². The zero-order chi connectivity index (χ0) is 17.8. The van der Waals surface area contributed by atoms with E-state index in [4.69, 9.17) is 14.2 Å². The van der Waals surface area contributed by atoms with E-state index in [2.05, 4.69) is 0 Å². The molecule has 25 heavy (non-hydrogen) atoms. The fourth-order valence-corrected chi connectivity index (χ4v) is 3.35. The Labute approximate surface area is 147 Å². The van der Waals surface area contributed by atoms with Gasteiger partial charge in [-0.2, -0.15) is 0 Å². The van der Waals surface area contributed by atoms with Gasteiger partial charge in [-0.25, -0.2) is 4.79 Å². The molecule has 0 radical (unpaired) electrons. The quantitative estimate of drug-likeness (QED) is 0.743. The smallest absolute Gasteiger partial charge is 0.410 e. The van der Waals surface area contributed by atoms with E-state index in [1.807, 2.05) is 24.3 Å². The Morgan fingerprint density at radius 2 is 2.00 bits per heavy atom. The standard InChI is InChI=1S/C18H24N2O5/c1-23-10-8-17(21)19-11-15-16(12-19)25-18(22)20(15)9-7-13-3-5-14(24-2)6-4-13/h3-6,15-16H,7-12H2,1-2H3/t15-,16+/m1/s1. The lowest BCUT2D eigenvalue weighted by molar-refractivity contribution is -0.131. The van der Waals surface area contributed by atoms with Gasteiger partial charge in [0.15, 0.2) is 0 Å². The number of rotatable bonds is 7. The van der Waals surface area contributed by atoms with Crippen LogP contribution in [-0.4, -0.2) is 74.4 Å². The Bertz CT molecular complexity index is 618. The van der Waals surface area contributed by atoms with Crippen molar-refractivity contribution in [3.8, 4) is 5.75 Å². The van der Waals surface area contributed by atoms with Crippen molar-refractivity contribution in [3.63, 3.8) is 0 Å². The van der Waals surface area contributed by atoms with E-state index in [1.54, 1.807) is 24.0 Å². The van der Waals surface area contributed by atoms with E-state index in [-0.39, 0.29) is 24.1 Å².